The summed E-state index contributed by atoms with van der Waals surface area (Å²) in [6, 6.07) is -0.0102. The van der Waals surface area contributed by atoms with Crippen molar-refractivity contribution in [2.75, 3.05) is 6.54 Å². The van der Waals surface area contributed by atoms with Crippen LogP contribution in [0.5, 0.6) is 0 Å². The van der Waals surface area contributed by atoms with Crippen molar-refractivity contribution in [1.29, 1.82) is 0 Å². The fourth-order valence-electron chi connectivity index (χ4n) is 2.73. The van der Waals surface area contributed by atoms with E-state index >= 15 is 0 Å². The molecule has 0 spiro atoms. The minimum absolute atomic E-state index is 0.152. The lowest BCUT2D eigenvalue weighted by Crippen LogP contribution is -2.48. The summed E-state index contributed by atoms with van der Waals surface area (Å²) >= 11 is 0. The molecule has 0 aromatic carbocycles. The molecule has 1 fully saturated rings. The number of carboxylic acids is 1. The summed E-state index contributed by atoms with van der Waals surface area (Å²) in [7, 11) is 0. The van der Waals surface area contributed by atoms with Crippen molar-refractivity contribution in [2.45, 2.75) is 71.3 Å². The van der Waals surface area contributed by atoms with Gasteiger partial charge in [-0.25, -0.2) is 4.79 Å². The number of hydrogen-bond donors (Lipinski definition) is 3. The average Bonchev–Trinajstić information content (AvgIpc) is 2.32. The molecule has 0 radical (unpaired) electrons. The van der Waals surface area contributed by atoms with Crippen molar-refractivity contribution in [1.82, 2.24) is 10.6 Å². The molecule has 5 heteroatoms. The maximum atomic E-state index is 11.8. The van der Waals surface area contributed by atoms with Crippen LogP contribution in [-0.2, 0) is 4.79 Å². The minimum atomic E-state index is -0.778. The van der Waals surface area contributed by atoms with Crippen molar-refractivity contribution in [3.8, 4) is 0 Å². The van der Waals surface area contributed by atoms with Gasteiger partial charge in [0.1, 0.15) is 0 Å². The van der Waals surface area contributed by atoms with Gasteiger partial charge in [0.15, 0.2) is 0 Å². The number of nitrogens with one attached hydrogen (secondary N) is 2. The standard InChI is InChI=1S/C15H28N2O3/c1-3-4-5-7-12(2)17-14(20)16-11-15(8-6-9-15)10-13(18)19/h12H,3-11H2,1-2H3,(H,18,19)(H2,16,17,20). The molecule has 1 aliphatic rings. The zero-order valence-corrected chi connectivity index (χ0v) is 12.7. The second-order valence-corrected chi connectivity index (χ2v) is 6.15. The van der Waals surface area contributed by atoms with E-state index in [0.29, 0.717) is 6.54 Å². The fraction of sp³-hybridized carbons (Fsp3) is 0.867. The summed E-state index contributed by atoms with van der Waals surface area (Å²) in [5.74, 6) is -0.778. The van der Waals surface area contributed by atoms with E-state index in [1.807, 2.05) is 6.92 Å². The lowest BCUT2D eigenvalue weighted by atomic mass is 9.66. The molecule has 20 heavy (non-hydrogen) atoms. The summed E-state index contributed by atoms with van der Waals surface area (Å²) in [6.45, 7) is 4.63. The Kier molecular flexibility index (Phi) is 6.82. The van der Waals surface area contributed by atoms with Crippen LogP contribution in [0, 0.1) is 5.41 Å². The SMILES string of the molecule is CCCCCC(C)NC(=O)NCC1(CC(=O)O)CCC1. The molecule has 1 rings (SSSR count). The van der Waals surface area contributed by atoms with Crippen molar-refractivity contribution < 1.29 is 14.7 Å². The second-order valence-electron chi connectivity index (χ2n) is 6.15. The zero-order chi connectivity index (χ0) is 15.0. The monoisotopic (exact) mass is 284 g/mol. The topological polar surface area (TPSA) is 78.4 Å². The predicted molar refractivity (Wildman–Crippen MR) is 78.7 cm³/mol. The second kappa shape index (κ2) is 8.12. The molecule has 1 aliphatic carbocycles. The summed E-state index contributed by atoms with van der Waals surface area (Å²) < 4.78 is 0. The summed E-state index contributed by atoms with van der Waals surface area (Å²) in [4.78, 5) is 22.6. The Bertz CT molecular complexity index is 327. The van der Waals surface area contributed by atoms with Gasteiger partial charge in [0.25, 0.3) is 0 Å². The van der Waals surface area contributed by atoms with Gasteiger partial charge in [-0.1, -0.05) is 32.6 Å². The lowest BCUT2D eigenvalue weighted by Gasteiger charge is -2.40. The molecule has 0 aromatic heterocycles. The van der Waals surface area contributed by atoms with Crippen LogP contribution in [0.3, 0.4) is 0 Å². The van der Waals surface area contributed by atoms with E-state index in [4.69, 9.17) is 5.11 Å². The van der Waals surface area contributed by atoms with Crippen LogP contribution in [0.15, 0.2) is 0 Å². The molecule has 1 saturated carbocycles. The Morgan fingerprint density at radius 2 is 2.00 bits per heavy atom. The maximum Gasteiger partial charge on any atom is 0.315 e. The highest BCUT2D eigenvalue weighted by atomic mass is 16.4. The molecule has 116 valence electrons. The summed E-state index contributed by atoms with van der Waals surface area (Å²) in [6.07, 6.45) is 7.48. The van der Waals surface area contributed by atoms with Gasteiger partial charge in [0, 0.05) is 12.6 Å². The molecule has 2 amide bonds. The van der Waals surface area contributed by atoms with Crippen LogP contribution in [0.2, 0.25) is 0 Å². The van der Waals surface area contributed by atoms with Crippen molar-refractivity contribution in [3.63, 3.8) is 0 Å². The Morgan fingerprint density at radius 1 is 1.30 bits per heavy atom. The number of carbonyl (C=O) groups excluding carboxylic acids is 1. The quantitative estimate of drug-likeness (QED) is 0.570. The van der Waals surface area contributed by atoms with E-state index in [9.17, 15) is 9.59 Å². The molecule has 1 unspecified atom stereocenters. The van der Waals surface area contributed by atoms with Gasteiger partial charge in [-0.15, -0.1) is 0 Å². The number of aliphatic carboxylic acids is 1. The third-order valence-corrected chi connectivity index (χ3v) is 4.18. The number of amides is 2. The van der Waals surface area contributed by atoms with Gasteiger partial charge in [0.2, 0.25) is 0 Å². The lowest BCUT2D eigenvalue weighted by molar-refractivity contribution is -0.141. The van der Waals surface area contributed by atoms with Crippen LogP contribution in [-0.4, -0.2) is 29.7 Å². The van der Waals surface area contributed by atoms with Crippen LogP contribution in [0.1, 0.15) is 65.2 Å². The first kappa shape index (κ1) is 16.8. The smallest absolute Gasteiger partial charge is 0.315 e. The molecule has 0 aliphatic heterocycles. The fourth-order valence-corrected chi connectivity index (χ4v) is 2.73. The van der Waals surface area contributed by atoms with E-state index < -0.39 is 5.97 Å². The Hall–Kier alpha value is -1.26. The Morgan fingerprint density at radius 3 is 2.50 bits per heavy atom. The average molecular weight is 284 g/mol. The van der Waals surface area contributed by atoms with Gasteiger partial charge >= 0.3 is 12.0 Å². The highest BCUT2D eigenvalue weighted by Gasteiger charge is 2.39. The molecular formula is C15H28N2O3. The van der Waals surface area contributed by atoms with E-state index in [0.717, 1.165) is 32.1 Å². The van der Waals surface area contributed by atoms with Gasteiger partial charge in [0.05, 0.1) is 6.42 Å². The third-order valence-electron chi connectivity index (χ3n) is 4.18. The summed E-state index contributed by atoms with van der Waals surface area (Å²) in [5, 5.41) is 14.7. The number of carbonyl (C=O) groups is 2. The molecular weight excluding hydrogens is 256 g/mol. The number of rotatable bonds is 9. The number of unbranched alkanes of at least 4 members (excludes halogenated alkanes) is 2. The Labute approximate surface area is 121 Å². The maximum absolute atomic E-state index is 11.8. The van der Waals surface area contributed by atoms with E-state index in [1.54, 1.807) is 0 Å². The molecule has 0 saturated heterocycles. The molecule has 0 bridgehead atoms. The van der Waals surface area contributed by atoms with Gasteiger partial charge in [-0.2, -0.15) is 0 Å². The largest absolute Gasteiger partial charge is 0.481 e. The first-order valence-corrected chi connectivity index (χ1v) is 7.73. The molecule has 0 aromatic rings. The van der Waals surface area contributed by atoms with E-state index in [1.165, 1.54) is 12.8 Å². The van der Waals surface area contributed by atoms with Crippen LogP contribution >= 0.6 is 0 Å². The summed E-state index contributed by atoms with van der Waals surface area (Å²) in [5.41, 5.74) is -0.214. The molecule has 3 N–H and O–H groups in total. The van der Waals surface area contributed by atoms with Gasteiger partial charge in [-0.05, 0) is 31.6 Å². The highest BCUT2D eigenvalue weighted by molar-refractivity contribution is 5.74. The van der Waals surface area contributed by atoms with Crippen LogP contribution in [0.25, 0.3) is 0 Å². The number of urea groups is 1. The molecule has 1 atom stereocenters. The minimum Gasteiger partial charge on any atom is -0.481 e. The van der Waals surface area contributed by atoms with E-state index in [2.05, 4.69) is 17.6 Å². The van der Waals surface area contributed by atoms with Crippen LogP contribution < -0.4 is 10.6 Å². The normalized spacial score (nSPS) is 17.9. The van der Waals surface area contributed by atoms with Crippen molar-refractivity contribution in [2.24, 2.45) is 5.41 Å². The first-order chi connectivity index (χ1) is 9.47. The molecule has 0 heterocycles. The predicted octanol–water partition coefficient (Wildman–Crippen LogP) is 2.90. The zero-order valence-electron chi connectivity index (χ0n) is 12.7. The highest BCUT2D eigenvalue weighted by Crippen LogP contribution is 2.43. The Balaban J connectivity index is 2.23. The number of carboxylic acid groups (broad SMARTS) is 1. The van der Waals surface area contributed by atoms with Crippen LogP contribution in [0.4, 0.5) is 4.79 Å². The first-order valence-electron chi connectivity index (χ1n) is 7.73. The van der Waals surface area contributed by atoms with Gasteiger partial charge < -0.3 is 15.7 Å². The molecule has 5 nitrogen and oxygen atoms in total. The third kappa shape index (κ3) is 5.80. The van der Waals surface area contributed by atoms with Crippen molar-refractivity contribution >= 4 is 12.0 Å². The van der Waals surface area contributed by atoms with E-state index in [-0.39, 0.29) is 23.9 Å². The number of hydrogen-bond acceptors (Lipinski definition) is 2. The van der Waals surface area contributed by atoms with Gasteiger partial charge in [-0.3, -0.25) is 4.79 Å². The van der Waals surface area contributed by atoms with Crippen molar-refractivity contribution in [3.05, 3.63) is 0 Å².